The van der Waals surface area contributed by atoms with Gasteiger partial charge in [-0.1, -0.05) is 13.3 Å². The van der Waals surface area contributed by atoms with E-state index in [1.807, 2.05) is 6.92 Å². The van der Waals surface area contributed by atoms with Gasteiger partial charge in [0.1, 0.15) is 10.7 Å². The molecule has 2 N–H and O–H groups in total. The Labute approximate surface area is 105 Å². The predicted molar refractivity (Wildman–Crippen MR) is 63.0 cm³/mol. The minimum absolute atomic E-state index is 0.0449. The maximum Gasteiger partial charge on any atom is 0.338 e. The summed E-state index contributed by atoms with van der Waals surface area (Å²) < 4.78 is 40.3. The minimum Gasteiger partial charge on any atom is -0.462 e. The second-order valence-corrected chi connectivity index (χ2v) is 5.21. The number of nitrogens with two attached hydrogens (primary N) is 1. The Morgan fingerprint density at radius 3 is 2.67 bits per heavy atom. The highest BCUT2D eigenvalue weighted by atomic mass is 32.2. The highest BCUT2D eigenvalue weighted by Gasteiger charge is 2.17. The summed E-state index contributed by atoms with van der Waals surface area (Å²) in [6.07, 6.45) is 1.56. The number of halogens is 1. The van der Waals surface area contributed by atoms with Crippen LogP contribution in [0.2, 0.25) is 0 Å². The Morgan fingerprint density at radius 2 is 2.11 bits per heavy atom. The van der Waals surface area contributed by atoms with E-state index < -0.39 is 26.7 Å². The van der Waals surface area contributed by atoms with E-state index >= 15 is 0 Å². The Balaban J connectivity index is 2.95. The van der Waals surface area contributed by atoms with Gasteiger partial charge in [-0.2, -0.15) is 0 Å². The number of benzene rings is 1. The third kappa shape index (κ3) is 3.78. The van der Waals surface area contributed by atoms with Gasteiger partial charge in [-0.3, -0.25) is 0 Å². The molecule has 1 aromatic carbocycles. The van der Waals surface area contributed by atoms with E-state index in [0.717, 1.165) is 24.6 Å². The lowest BCUT2D eigenvalue weighted by Crippen LogP contribution is -2.15. The number of sulfonamides is 1. The Morgan fingerprint density at radius 1 is 1.44 bits per heavy atom. The SMILES string of the molecule is CCCCOC(=O)c1ccc(F)c(S(N)(=O)=O)c1. The minimum atomic E-state index is -4.20. The molecule has 100 valence electrons. The van der Waals surface area contributed by atoms with E-state index in [-0.39, 0.29) is 12.2 Å². The third-order valence-corrected chi connectivity index (χ3v) is 3.13. The number of ether oxygens (including phenoxy) is 1. The summed E-state index contributed by atoms with van der Waals surface area (Å²) >= 11 is 0. The van der Waals surface area contributed by atoms with Gasteiger partial charge in [-0.05, 0) is 24.6 Å². The van der Waals surface area contributed by atoms with Crippen molar-refractivity contribution in [2.24, 2.45) is 5.14 Å². The number of carbonyl (C=O) groups is 1. The lowest BCUT2D eigenvalue weighted by molar-refractivity contribution is 0.0499. The number of esters is 1. The van der Waals surface area contributed by atoms with Gasteiger partial charge in [-0.25, -0.2) is 22.7 Å². The van der Waals surface area contributed by atoms with Crippen molar-refractivity contribution in [1.82, 2.24) is 0 Å². The fraction of sp³-hybridized carbons (Fsp3) is 0.364. The van der Waals surface area contributed by atoms with Gasteiger partial charge in [-0.15, -0.1) is 0 Å². The van der Waals surface area contributed by atoms with Crippen molar-refractivity contribution in [3.63, 3.8) is 0 Å². The van der Waals surface area contributed by atoms with E-state index in [0.29, 0.717) is 6.42 Å². The first-order valence-electron chi connectivity index (χ1n) is 5.35. The molecule has 0 heterocycles. The molecule has 0 aliphatic heterocycles. The molecule has 1 aromatic rings. The first kappa shape index (κ1) is 14.6. The second-order valence-electron chi connectivity index (χ2n) is 3.68. The Bertz CT molecular complexity index is 542. The van der Waals surface area contributed by atoms with Crippen LogP contribution in [0.15, 0.2) is 23.1 Å². The summed E-state index contributed by atoms with van der Waals surface area (Å²) in [5, 5.41) is 4.83. The first-order chi connectivity index (χ1) is 8.36. The van der Waals surface area contributed by atoms with Crippen LogP contribution in [0.1, 0.15) is 30.1 Å². The molecule has 0 unspecified atom stereocenters. The van der Waals surface area contributed by atoms with Crippen LogP contribution >= 0.6 is 0 Å². The number of carbonyl (C=O) groups excluding carboxylic acids is 1. The van der Waals surface area contributed by atoms with E-state index in [2.05, 4.69) is 0 Å². The summed E-state index contributed by atoms with van der Waals surface area (Å²) in [5.41, 5.74) is -0.0449. The number of hydrogen-bond acceptors (Lipinski definition) is 4. The quantitative estimate of drug-likeness (QED) is 0.650. The molecule has 7 heteroatoms. The molecule has 0 aromatic heterocycles. The maximum atomic E-state index is 13.2. The molecular formula is C11H14FNO4S. The Kier molecular flexibility index (Phi) is 4.80. The summed E-state index contributed by atoms with van der Waals surface area (Å²) in [4.78, 5) is 10.8. The fourth-order valence-electron chi connectivity index (χ4n) is 1.24. The van der Waals surface area contributed by atoms with Crippen LogP contribution < -0.4 is 5.14 Å². The smallest absolute Gasteiger partial charge is 0.338 e. The third-order valence-electron chi connectivity index (χ3n) is 2.20. The van der Waals surface area contributed by atoms with Crippen LogP contribution in [0.4, 0.5) is 4.39 Å². The van der Waals surface area contributed by atoms with Crippen molar-refractivity contribution in [2.45, 2.75) is 24.7 Å². The van der Waals surface area contributed by atoms with E-state index in [1.165, 1.54) is 0 Å². The summed E-state index contributed by atoms with van der Waals surface area (Å²) in [5.74, 6) is -1.70. The zero-order valence-corrected chi connectivity index (χ0v) is 10.7. The van der Waals surface area contributed by atoms with Crippen LogP contribution in [-0.4, -0.2) is 21.0 Å². The van der Waals surface area contributed by atoms with Crippen LogP contribution in [-0.2, 0) is 14.8 Å². The lowest BCUT2D eigenvalue weighted by atomic mass is 10.2. The molecule has 0 bridgehead atoms. The molecule has 5 nitrogen and oxygen atoms in total. The lowest BCUT2D eigenvalue weighted by Gasteiger charge is -2.06. The summed E-state index contributed by atoms with van der Waals surface area (Å²) in [6, 6.07) is 2.90. The van der Waals surface area contributed by atoms with Gasteiger partial charge in [0.15, 0.2) is 0 Å². The summed E-state index contributed by atoms with van der Waals surface area (Å²) in [6.45, 7) is 2.17. The van der Waals surface area contributed by atoms with Crippen molar-refractivity contribution in [3.05, 3.63) is 29.6 Å². The van der Waals surface area contributed by atoms with E-state index in [9.17, 15) is 17.6 Å². The zero-order valence-electron chi connectivity index (χ0n) is 9.85. The van der Waals surface area contributed by atoms with Gasteiger partial charge in [0, 0.05) is 0 Å². The average molecular weight is 275 g/mol. The highest BCUT2D eigenvalue weighted by molar-refractivity contribution is 7.89. The maximum absolute atomic E-state index is 13.2. The van der Waals surface area contributed by atoms with Crippen LogP contribution in [0.3, 0.4) is 0 Å². The molecule has 1 rings (SSSR count). The van der Waals surface area contributed by atoms with E-state index in [4.69, 9.17) is 9.88 Å². The molecule has 0 radical (unpaired) electrons. The number of primary sulfonamides is 1. The molecular weight excluding hydrogens is 261 g/mol. The van der Waals surface area contributed by atoms with Gasteiger partial charge in [0.2, 0.25) is 10.0 Å². The molecule has 0 amide bonds. The van der Waals surface area contributed by atoms with E-state index in [1.54, 1.807) is 0 Å². The molecule has 0 saturated heterocycles. The summed E-state index contributed by atoms with van der Waals surface area (Å²) in [7, 11) is -4.20. The van der Waals surface area contributed by atoms with Crippen LogP contribution in [0.25, 0.3) is 0 Å². The predicted octanol–water partition coefficient (Wildman–Crippen LogP) is 1.43. The highest BCUT2D eigenvalue weighted by Crippen LogP contribution is 2.15. The van der Waals surface area contributed by atoms with Gasteiger partial charge >= 0.3 is 5.97 Å². The average Bonchev–Trinajstić information content (AvgIpc) is 2.28. The first-order valence-corrected chi connectivity index (χ1v) is 6.90. The monoisotopic (exact) mass is 275 g/mol. The largest absolute Gasteiger partial charge is 0.462 e. The van der Waals surface area contributed by atoms with Gasteiger partial charge < -0.3 is 4.74 Å². The Hall–Kier alpha value is -1.47. The number of rotatable bonds is 5. The van der Waals surface area contributed by atoms with Crippen LogP contribution in [0.5, 0.6) is 0 Å². The normalized spacial score (nSPS) is 11.3. The molecule has 0 saturated carbocycles. The molecule has 0 atom stereocenters. The number of unbranched alkanes of at least 4 members (excludes halogenated alkanes) is 1. The van der Waals surface area contributed by atoms with Crippen molar-refractivity contribution in [2.75, 3.05) is 6.61 Å². The van der Waals surface area contributed by atoms with Crippen molar-refractivity contribution >= 4 is 16.0 Å². The second kappa shape index (κ2) is 5.92. The molecule has 0 aliphatic carbocycles. The molecule has 0 fully saturated rings. The van der Waals surface area contributed by atoms with Crippen molar-refractivity contribution in [1.29, 1.82) is 0 Å². The van der Waals surface area contributed by atoms with Crippen LogP contribution in [0, 0.1) is 5.82 Å². The topological polar surface area (TPSA) is 86.5 Å². The standard InChI is InChI=1S/C11H14FNO4S/c1-2-3-6-17-11(14)8-4-5-9(12)10(7-8)18(13,15)16/h4-5,7H,2-3,6H2,1H3,(H2,13,15,16). The molecule has 0 aliphatic rings. The number of hydrogen-bond donors (Lipinski definition) is 1. The fourth-order valence-corrected chi connectivity index (χ4v) is 1.87. The zero-order chi connectivity index (χ0) is 13.8. The molecule has 18 heavy (non-hydrogen) atoms. The van der Waals surface area contributed by atoms with Gasteiger partial charge in [0.05, 0.1) is 12.2 Å². The van der Waals surface area contributed by atoms with Gasteiger partial charge in [0.25, 0.3) is 0 Å². The molecule has 0 spiro atoms. The van der Waals surface area contributed by atoms with Crippen molar-refractivity contribution < 1.29 is 22.3 Å². The van der Waals surface area contributed by atoms with Crippen molar-refractivity contribution in [3.8, 4) is 0 Å².